The number of aromatic nitrogens is 1. The minimum atomic E-state index is -0.0846. The Balaban J connectivity index is 1.32. The van der Waals surface area contributed by atoms with Gasteiger partial charge in [0.2, 0.25) is 0 Å². The van der Waals surface area contributed by atoms with Crippen molar-refractivity contribution in [1.29, 1.82) is 0 Å². The van der Waals surface area contributed by atoms with Crippen LogP contribution in [0.4, 0.5) is 11.5 Å². The summed E-state index contributed by atoms with van der Waals surface area (Å²) in [7, 11) is 0. The van der Waals surface area contributed by atoms with E-state index < -0.39 is 0 Å². The number of para-hydroxylation sites is 1. The largest absolute Gasteiger partial charge is 0.380 e. The number of rotatable bonds is 5. The minimum absolute atomic E-state index is 0.0846. The summed E-state index contributed by atoms with van der Waals surface area (Å²) in [5.74, 6) is 1.59. The fraction of sp³-hybridized carbons (Fsp3) is 0.414. The molecule has 0 spiro atoms. The summed E-state index contributed by atoms with van der Waals surface area (Å²) in [6, 6.07) is 14.1. The zero-order chi connectivity index (χ0) is 24.6. The van der Waals surface area contributed by atoms with Gasteiger partial charge in [-0.15, -0.1) is 11.3 Å². The van der Waals surface area contributed by atoms with Crippen molar-refractivity contribution in [2.45, 2.75) is 39.0 Å². The van der Waals surface area contributed by atoms with E-state index in [1.54, 1.807) is 11.3 Å². The highest BCUT2D eigenvalue weighted by Gasteiger charge is 2.30. The van der Waals surface area contributed by atoms with Crippen molar-refractivity contribution in [2.24, 2.45) is 5.92 Å². The van der Waals surface area contributed by atoms with Crippen LogP contribution in [0.15, 0.2) is 42.5 Å². The van der Waals surface area contributed by atoms with Crippen molar-refractivity contribution >= 4 is 34.5 Å². The first-order valence-electron chi connectivity index (χ1n) is 13.0. The quantitative estimate of drug-likeness (QED) is 0.430. The second-order valence-electron chi connectivity index (χ2n) is 10.1. The van der Waals surface area contributed by atoms with Crippen LogP contribution in [0, 0.1) is 12.8 Å². The highest BCUT2D eigenvalue weighted by molar-refractivity contribution is 7.17. The molecule has 36 heavy (non-hydrogen) atoms. The third kappa shape index (κ3) is 4.70. The third-order valence-corrected chi connectivity index (χ3v) is 8.52. The van der Waals surface area contributed by atoms with Crippen LogP contribution in [-0.2, 0) is 11.2 Å². The van der Waals surface area contributed by atoms with Gasteiger partial charge in [0.25, 0.3) is 5.91 Å². The van der Waals surface area contributed by atoms with Gasteiger partial charge in [-0.05, 0) is 73.9 Å². The predicted molar refractivity (Wildman–Crippen MR) is 143 cm³/mol. The molecule has 0 bridgehead atoms. The summed E-state index contributed by atoms with van der Waals surface area (Å²) in [4.78, 5) is 37.6. The number of carbonyl (C=O) groups excluding carboxylic acids is 2. The number of carbonyl (C=O) groups is 2. The van der Waals surface area contributed by atoms with E-state index in [0.717, 1.165) is 64.1 Å². The van der Waals surface area contributed by atoms with E-state index in [4.69, 9.17) is 9.72 Å². The van der Waals surface area contributed by atoms with Crippen LogP contribution in [-0.4, -0.2) is 49.5 Å². The van der Waals surface area contributed by atoms with E-state index >= 15 is 0 Å². The molecule has 1 saturated carbocycles. The lowest BCUT2D eigenvalue weighted by atomic mass is 10.1. The van der Waals surface area contributed by atoms with Crippen LogP contribution in [0.3, 0.4) is 0 Å². The lowest BCUT2D eigenvalue weighted by Gasteiger charge is -2.25. The Hall–Kier alpha value is -3.03. The summed E-state index contributed by atoms with van der Waals surface area (Å²) in [6.07, 6.45) is 4.68. The average Bonchev–Trinajstić information content (AvgIpc) is 3.67. The summed E-state index contributed by atoms with van der Waals surface area (Å²) in [5, 5.41) is 0. The van der Waals surface area contributed by atoms with Crippen molar-refractivity contribution in [3.8, 4) is 10.4 Å². The van der Waals surface area contributed by atoms with Gasteiger partial charge in [0, 0.05) is 43.1 Å². The zero-order valence-corrected chi connectivity index (χ0v) is 21.5. The number of nitrogens with zero attached hydrogens (tertiary/aromatic N) is 3. The Morgan fingerprint density at radius 3 is 2.81 bits per heavy atom. The molecule has 6 rings (SSSR count). The van der Waals surface area contributed by atoms with Gasteiger partial charge < -0.3 is 14.5 Å². The number of amides is 1. The second-order valence-corrected chi connectivity index (χ2v) is 11.2. The molecule has 2 fully saturated rings. The molecule has 0 radical (unpaired) electrons. The van der Waals surface area contributed by atoms with Crippen molar-refractivity contribution in [2.75, 3.05) is 42.6 Å². The maximum Gasteiger partial charge on any atom is 0.276 e. The number of aryl methyl sites for hydroxylation is 1. The van der Waals surface area contributed by atoms with Crippen LogP contribution in [0.25, 0.3) is 10.4 Å². The zero-order valence-electron chi connectivity index (χ0n) is 20.7. The molecule has 6 nitrogen and oxygen atoms in total. The second kappa shape index (κ2) is 9.79. The average molecular weight is 502 g/mol. The molecule has 1 aliphatic carbocycles. The van der Waals surface area contributed by atoms with Crippen LogP contribution in [0.1, 0.15) is 57.0 Å². The molecule has 186 valence electrons. The lowest BCUT2D eigenvalue weighted by molar-refractivity contribution is 0.0972. The number of pyridine rings is 1. The molecule has 7 heteroatoms. The van der Waals surface area contributed by atoms with Gasteiger partial charge in [-0.25, -0.2) is 4.98 Å². The number of thiophene rings is 1. The van der Waals surface area contributed by atoms with Crippen LogP contribution in [0.5, 0.6) is 0 Å². The van der Waals surface area contributed by atoms with Gasteiger partial charge in [0.05, 0.1) is 17.2 Å². The fourth-order valence-electron chi connectivity index (χ4n) is 5.16. The molecule has 2 aliphatic heterocycles. The number of ketones is 1. The van der Waals surface area contributed by atoms with Gasteiger partial charge in [0.15, 0.2) is 5.78 Å². The Bertz CT molecular complexity index is 1300. The summed E-state index contributed by atoms with van der Waals surface area (Å²) < 4.78 is 5.61. The molecule has 3 aromatic rings. The standard InChI is InChI=1S/C29H31N3O3S/c1-19-15-23(30-27(16-19)31-10-4-13-35-14-12-31)29(34)32-11-9-21-18-26(25(33)17-20-7-8-20)36-28(21)22-5-2-3-6-24(22)32/h2-3,5-6,15-16,18,20H,4,7-14,17H2,1H3. The predicted octanol–water partition coefficient (Wildman–Crippen LogP) is 5.53. The Kier molecular flexibility index (Phi) is 6.36. The van der Waals surface area contributed by atoms with Gasteiger partial charge in [-0.1, -0.05) is 18.2 Å². The van der Waals surface area contributed by atoms with Gasteiger partial charge >= 0.3 is 0 Å². The summed E-state index contributed by atoms with van der Waals surface area (Å²) >= 11 is 1.58. The number of hydrogen-bond acceptors (Lipinski definition) is 6. The van der Waals surface area contributed by atoms with E-state index in [-0.39, 0.29) is 11.7 Å². The first kappa shape index (κ1) is 23.4. The molecule has 0 atom stereocenters. The van der Waals surface area contributed by atoms with Crippen LogP contribution in [0.2, 0.25) is 0 Å². The van der Waals surface area contributed by atoms with Crippen molar-refractivity contribution in [1.82, 2.24) is 4.98 Å². The summed E-state index contributed by atoms with van der Waals surface area (Å²) in [5.41, 5.74) is 4.55. The van der Waals surface area contributed by atoms with Gasteiger partial charge in [-0.3, -0.25) is 9.59 Å². The Morgan fingerprint density at radius 1 is 1.08 bits per heavy atom. The Morgan fingerprint density at radius 2 is 1.94 bits per heavy atom. The topological polar surface area (TPSA) is 62.7 Å². The lowest BCUT2D eigenvalue weighted by Crippen LogP contribution is -2.34. The molecular formula is C29H31N3O3S. The number of hydrogen-bond donors (Lipinski definition) is 0. The van der Waals surface area contributed by atoms with Crippen LogP contribution >= 0.6 is 11.3 Å². The molecule has 2 aromatic heterocycles. The molecule has 4 heterocycles. The number of fused-ring (bicyclic) bond motifs is 3. The summed E-state index contributed by atoms with van der Waals surface area (Å²) in [6.45, 7) is 5.66. The van der Waals surface area contributed by atoms with Crippen molar-refractivity contribution in [3.05, 3.63) is 64.2 Å². The normalized spacial score (nSPS) is 17.7. The molecule has 1 aromatic carbocycles. The smallest absolute Gasteiger partial charge is 0.276 e. The maximum atomic E-state index is 13.9. The minimum Gasteiger partial charge on any atom is -0.380 e. The number of benzene rings is 1. The molecular weight excluding hydrogens is 470 g/mol. The molecule has 0 N–H and O–H groups in total. The SMILES string of the molecule is Cc1cc(C(=O)N2CCc3cc(C(=O)CC4CC4)sc3-c3ccccc32)nc(N2CCCOCC2)c1. The van der Waals surface area contributed by atoms with E-state index in [9.17, 15) is 9.59 Å². The van der Waals surface area contributed by atoms with Gasteiger partial charge in [-0.2, -0.15) is 0 Å². The van der Waals surface area contributed by atoms with Crippen LogP contribution < -0.4 is 9.80 Å². The molecule has 1 saturated heterocycles. The highest BCUT2D eigenvalue weighted by atomic mass is 32.1. The highest BCUT2D eigenvalue weighted by Crippen LogP contribution is 2.43. The van der Waals surface area contributed by atoms with Gasteiger partial charge in [0.1, 0.15) is 11.5 Å². The van der Waals surface area contributed by atoms with E-state index in [1.165, 1.54) is 12.8 Å². The first-order chi connectivity index (χ1) is 17.6. The number of ether oxygens (including phenoxy) is 1. The van der Waals surface area contributed by atoms with Crippen molar-refractivity contribution in [3.63, 3.8) is 0 Å². The van der Waals surface area contributed by atoms with Crippen molar-refractivity contribution < 1.29 is 14.3 Å². The monoisotopic (exact) mass is 501 g/mol. The van der Waals surface area contributed by atoms with E-state index in [0.29, 0.717) is 37.6 Å². The molecule has 1 amide bonds. The maximum absolute atomic E-state index is 13.9. The third-order valence-electron chi connectivity index (χ3n) is 7.27. The van der Waals surface area contributed by atoms with E-state index in [1.807, 2.05) is 36.1 Å². The number of Topliss-reactive ketones (excluding diaryl/α,β-unsaturated/α-hetero) is 1. The van der Waals surface area contributed by atoms with E-state index in [2.05, 4.69) is 23.1 Å². The fourth-order valence-corrected chi connectivity index (χ4v) is 6.36. The molecule has 3 aliphatic rings. The first-order valence-corrected chi connectivity index (χ1v) is 13.8. The Labute approximate surface area is 215 Å². The number of anilines is 2. The molecule has 0 unspecified atom stereocenters.